The van der Waals surface area contributed by atoms with Crippen LogP contribution in [0, 0.1) is 0 Å². The summed E-state index contributed by atoms with van der Waals surface area (Å²) in [5.41, 5.74) is 1.61. The minimum absolute atomic E-state index is 0.0828. The number of sulfone groups is 1. The maximum Gasteiger partial charge on any atom is 0.287 e. The predicted octanol–water partition coefficient (Wildman–Crippen LogP) is 4.54. The van der Waals surface area contributed by atoms with Crippen LogP contribution in [0.2, 0.25) is 5.02 Å². The molecular weight excluding hydrogens is 398 g/mol. The summed E-state index contributed by atoms with van der Waals surface area (Å²) in [6, 6.07) is 19.0. The van der Waals surface area contributed by atoms with Crippen LogP contribution in [0.15, 0.2) is 71.1 Å². The Labute approximate surface area is 169 Å². The van der Waals surface area contributed by atoms with Crippen molar-refractivity contribution < 1.29 is 17.6 Å². The van der Waals surface area contributed by atoms with Crippen LogP contribution >= 0.6 is 11.6 Å². The molecular formula is C21H20ClNO4S. The highest BCUT2D eigenvalue weighted by atomic mass is 35.5. The van der Waals surface area contributed by atoms with Gasteiger partial charge in [-0.15, -0.1) is 0 Å². The van der Waals surface area contributed by atoms with Crippen LogP contribution in [-0.4, -0.2) is 14.3 Å². The highest BCUT2D eigenvalue weighted by Gasteiger charge is 2.19. The van der Waals surface area contributed by atoms with Crippen molar-refractivity contribution in [3.8, 4) is 0 Å². The predicted molar refractivity (Wildman–Crippen MR) is 109 cm³/mol. The number of hydrogen-bond donors (Lipinski definition) is 1. The van der Waals surface area contributed by atoms with Crippen molar-refractivity contribution in [2.45, 2.75) is 24.5 Å². The molecule has 0 saturated carbocycles. The molecule has 1 amide bonds. The topological polar surface area (TPSA) is 76.4 Å². The summed E-state index contributed by atoms with van der Waals surface area (Å²) in [5, 5.41) is 3.39. The van der Waals surface area contributed by atoms with E-state index in [9.17, 15) is 13.2 Å². The van der Waals surface area contributed by atoms with Gasteiger partial charge in [0.2, 0.25) is 0 Å². The third kappa shape index (κ3) is 5.47. The molecule has 0 aliphatic heterocycles. The molecule has 0 bridgehead atoms. The van der Waals surface area contributed by atoms with Gasteiger partial charge in [-0.1, -0.05) is 54.1 Å². The number of rotatable bonds is 7. The number of carbonyl (C=O) groups excluding carboxylic acids is 1. The molecule has 28 heavy (non-hydrogen) atoms. The zero-order chi connectivity index (χ0) is 20.1. The summed E-state index contributed by atoms with van der Waals surface area (Å²) in [5.74, 6) is -0.488. The molecule has 0 aliphatic rings. The van der Waals surface area contributed by atoms with Gasteiger partial charge in [0.15, 0.2) is 15.6 Å². The van der Waals surface area contributed by atoms with Gasteiger partial charge in [0.1, 0.15) is 11.5 Å². The van der Waals surface area contributed by atoms with Crippen LogP contribution in [0.1, 0.15) is 40.4 Å². The summed E-state index contributed by atoms with van der Waals surface area (Å²) in [4.78, 5) is 12.4. The lowest BCUT2D eigenvalue weighted by atomic mass is 10.1. The van der Waals surface area contributed by atoms with Gasteiger partial charge >= 0.3 is 0 Å². The summed E-state index contributed by atoms with van der Waals surface area (Å²) in [6.45, 7) is 1.87. The van der Waals surface area contributed by atoms with Gasteiger partial charge in [-0.2, -0.15) is 0 Å². The van der Waals surface area contributed by atoms with Crippen LogP contribution in [0.25, 0.3) is 0 Å². The summed E-state index contributed by atoms with van der Waals surface area (Å²) < 4.78 is 30.3. The summed E-state index contributed by atoms with van der Waals surface area (Å²) in [6.07, 6.45) is 0. The van der Waals surface area contributed by atoms with Gasteiger partial charge in [0.05, 0.1) is 11.8 Å². The molecule has 0 radical (unpaired) electrons. The number of furan rings is 1. The molecule has 146 valence electrons. The number of halogens is 1. The van der Waals surface area contributed by atoms with E-state index in [1.165, 1.54) is 12.1 Å². The Morgan fingerprint density at radius 2 is 1.68 bits per heavy atom. The Bertz CT molecular complexity index is 1040. The molecule has 3 aromatic rings. The van der Waals surface area contributed by atoms with Gasteiger partial charge < -0.3 is 9.73 Å². The molecule has 7 heteroatoms. The van der Waals surface area contributed by atoms with E-state index in [4.69, 9.17) is 16.0 Å². The number of hydrogen-bond acceptors (Lipinski definition) is 4. The van der Waals surface area contributed by atoms with Gasteiger partial charge in [-0.3, -0.25) is 4.79 Å². The van der Waals surface area contributed by atoms with Crippen molar-refractivity contribution in [1.29, 1.82) is 0 Å². The van der Waals surface area contributed by atoms with Crippen molar-refractivity contribution in [3.05, 3.63) is 94.4 Å². The lowest BCUT2D eigenvalue weighted by molar-refractivity contribution is 0.0910. The molecule has 5 nitrogen and oxygen atoms in total. The van der Waals surface area contributed by atoms with E-state index in [1.54, 1.807) is 24.3 Å². The normalized spacial score (nSPS) is 12.5. The first kappa shape index (κ1) is 20.2. The second-order valence-corrected chi connectivity index (χ2v) is 9.03. The zero-order valence-corrected chi connectivity index (χ0v) is 16.8. The van der Waals surface area contributed by atoms with E-state index in [1.807, 2.05) is 37.3 Å². The summed E-state index contributed by atoms with van der Waals surface area (Å²) >= 11 is 5.82. The van der Waals surface area contributed by atoms with E-state index in [-0.39, 0.29) is 29.1 Å². The minimum atomic E-state index is -3.45. The molecule has 1 atom stereocenters. The van der Waals surface area contributed by atoms with Crippen LogP contribution < -0.4 is 5.32 Å². The lowest BCUT2D eigenvalue weighted by Gasteiger charge is -2.13. The number of amides is 1. The number of benzene rings is 2. The van der Waals surface area contributed by atoms with Gasteiger partial charge in [-0.25, -0.2) is 8.42 Å². The van der Waals surface area contributed by atoms with Gasteiger partial charge in [0, 0.05) is 5.02 Å². The monoisotopic (exact) mass is 417 g/mol. The first-order chi connectivity index (χ1) is 13.3. The third-order valence-corrected chi connectivity index (χ3v) is 5.94. The second-order valence-electron chi connectivity index (χ2n) is 6.53. The molecule has 0 fully saturated rings. The van der Waals surface area contributed by atoms with Crippen molar-refractivity contribution >= 4 is 27.3 Å². The second kappa shape index (κ2) is 8.63. The van der Waals surface area contributed by atoms with Crippen LogP contribution in [-0.2, 0) is 21.3 Å². The Hall–Kier alpha value is -2.57. The maximum absolute atomic E-state index is 12.4. The van der Waals surface area contributed by atoms with Crippen LogP contribution in [0.3, 0.4) is 0 Å². The van der Waals surface area contributed by atoms with Crippen molar-refractivity contribution in [3.63, 3.8) is 0 Å². The average Bonchev–Trinajstić information content (AvgIpc) is 3.12. The molecule has 0 aliphatic carbocycles. The smallest absolute Gasteiger partial charge is 0.287 e. The molecule has 1 heterocycles. The molecule has 1 unspecified atom stereocenters. The van der Waals surface area contributed by atoms with E-state index in [0.717, 1.165) is 5.56 Å². The molecule has 0 spiro atoms. The number of nitrogens with one attached hydrogen (secondary N) is 1. The standard InChI is InChI=1S/C21H20ClNO4S/c1-15(17-5-3-2-4-6-17)23-21(24)20-12-11-19(27-20)14-28(25,26)13-16-7-9-18(22)10-8-16/h2-12,15H,13-14H2,1H3,(H,23,24). The Morgan fingerprint density at radius 1 is 1.00 bits per heavy atom. The van der Waals surface area contributed by atoms with Crippen LogP contribution in [0.4, 0.5) is 0 Å². The Kier molecular flexibility index (Phi) is 6.21. The fourth-order valence-electron chi connectivity index (χ4n) is 2.77. The summed E-state index contributed by atoms with van der Waals surface area (Å²) in [7, 11) is -3.45. The average molecular weight is 418 g/mol. The minimum Gasteiger partial charge on any atom is -0.455 e. The van der Waals surface area contributed by atoms with Gasteiger partial charge in [-0.05, 0) is 42.3 Å². The fourth-order valence-corrected chi connectivity index (χ4v) is 4.29. The largest absolute Gasteiger partial charge is 0.455 e. The first-order valence-corrected chi connectivity index (χ1v) is 10.9. The van der Waals surface area contributed by atoms with E-state index < -0.39 is 15.7 Å². The maximum atomic E-state index is 12.4. The molecule has 3 rings (SSSR count). The SMILES string of the molecule is CC(NC(=O)c1ccc(CS(=O)(=O)Cc2ccc(Cl)cc2)o1)c1ccccc1. The molecule has 1 N–H and O–H groups in total. The lowest BCUT2D eigenvalue weighted by Crippen LogP contribution is -2.26. The van der Waals surface area contributed by atoms with E-state index in [0.29, 0.717) is 10.6 Å². The molecule has 2 aromatic carbocycles. The number of carbonyl (C=O) groups is 1. The highest BCUT2D eigenvalue weighted by molar-refractivity contribution is 7.89. The zero-order valence-electron chi connectivity index (χ0n) is 15.3. The highest BCUT2D eigenvalue weighted by Crippen LogP contribution is 2.18. The van der Waals surface area contributed by atoms with Crippen molar-refractivity contribution in [1.82, 2.24) is 5.32 Å². The Balaban J connectivity index is 1.63. The Morgan fingerprint density at radius 3 is 2.36 bits per heavy atom. The quantitative estimate of drug-likeness (QED) is 0.612. The van der Waals surface area contributed by atoms with Crippen molar-refractivity contribution in [2.75, 3.05) is 0 Å². The molecule has 0 saturated heterocycles. The van der Waals surface area contributed by atoms with E-state index >= 15 is 0 Å². The van der Waals surface area contributed by atoms with E-state index in [2.05, 4.69) is 5.32 Å². The van der Waals surface area contributed by atoms with Gasteiger partial charge in [0.25, 0.3) is 5.91 Å². The fraction of sp³-hybridized carbons (Fsp3) is 0.190. The first-order valence-electron chi connectivity index (χ1n) is 8.72. The third-order valence-electron chi connectivity index (χ3n) is 4.19. The molecule has 1 aromatic heterocycles. The van der Waals surface area contributed by atoms with Crippen molar-refractivity contribution in [2.24, 2.45) is 0 Å². The van der Waals surface area contributed by atoms with Crippen LogP contribution in [0.5, 0.6) is 0 Å².